The van der Waals surface area contributed by atoms with Crippen molar-refractivity contribution >= 4 is 0 Å². The van der Waals surface area contributed by atoms with E-state index in [1.54, 1.807) is 32.0 Å². The fourth-order valence-electron chi connectivity index (χ4n) is 1.52. The minimum absolute atomic E-state index is 0.127. The molecule has 4 heteroatoms. The molecule has 0 bridgehead atoms. The summed E-state index contributed by atoms with van der Waals surface area (Å²) in [6.45, 7) is 3.40. The second kappa shape index (κ2) is 5.27. The second-order valence-electron chi connectivity index (χ2n) is 4.38. The molecule has 0 saturated carbocycles. The lowest BCUT2D eigenvalue weighted by Gasteiger charge is -2.26. The number of aliphatic hydroxyl groups excluding tert-OH is 1. The SMILES string of the molecule is CC(CC(C)(N)CO)Oc1ccccc1F. The molecule has 0 aliphatic heterocycles. The fraction of sp³-hybridized carbons (Fsp3) is 0.500. The van der Waals surface area contributed by atoms with Crippen LogP contribution in [0.25, 0.3) is 0 Å². The van der Waals surface area contributed by atoms with Crippen LogP contribution in [0.2, 0.25) is 0 Å². The van der Waals surface area contributed by atoms with Gasteiger partial charge in [0, 0.05) is 12.0 Å². The number of halogens is 1. The highest BCUT2D eigenvalue weighted by molar-refractivity contribution is 5.23. The van der Waals surface area contributed by atoms with Crippen LogP contribution in [0.5, 0.6) is 5.75 Å². The van der Waals surface area contributed by atoms with Gasteiger partial charge in [-0.3, -0.25) is 0 Å². The van der Waals surface area contributed by atoms with E-state index in [1.807, 2.05) is 0 Å². The molecule has 3 nitrogen and oxygen atoms in total. The molecule has 0 aliphatic carbocycles. The maximum atomic E-state index is 13.3. The predicted octanol–water partition coefficient (Wildman–Crippen LogP) is 1.69. The Morgan fingerprint density at radius 3 is 2.69 bits per heavy atom. The Bertz CT molecular complexity index is 342. The lowest BCUT2D eigenvalue weighted by Crippen LogP contribution is -2.43. The molecule has 16 heavy (non-hydrogen) atoms. The summed E-state index contributed by atoms with van der Waals surface area (Å²) in [5, 5.41) is 9.01. The van der Waals surface area contributed by atoms with Crippen molar-refractivity contribution < 1.29 is 14.2 Å². The predicted molar refractivity (Wildman–Crippen MR) is 60.8 cm³/mol. The largest absolute Gasteiger partial charge is 0.488 e. The van der Waals surface area contributed by atoms with Gasteiger partial charge < -0.3 is 15.6 Å². The highest BCUT2D eigenvalue weighted by Gasteiger charge is 2.22. The summed E-state index contributed by atoms with van der Waals surface area (Å²) in [7, 11) is 0. The molecule has 0 aliphatic rings. The van der Waals surface area contributed by atoms with Crippen LogP contribution in [0.1, 0.15) is 20.3 Å². The molecule has 1 rings (SSSR count). The first-order chi connectivity index (χ1) is 7.44. The Morgan fingerprint density at radius 2 is 2.12 bits per heavy atom. The normalized spacial score (nSPS) is 16.6. The van der Waals surface area contributed by atoms with Crippen LogP contribution in [-0.2, 0) is 0 Å². The van der Waals surface area contributed by atoms with E-state index >= 15 is 0 Å². The molecule has 2 atom stereocenters. The van der Waals surface area contributed by atoms with E-state index in [-0.39, 0.29) is 18.5 Å². The van der Waals surface area contributed by atoms with Crippen molar-refractivity contribution in [3.05, 3.63) is 30.1 Å². The standard InChI is InChI=1S/C12H18FNO2/c1-9(7-12(2,14)8-15)16-11-6-4-3-5-10(11)13/h3-6,9,15H,7-8,14H2,1-2H3. The van der Waals surface area contributed by atoms with Crippen molar-refractivity contribution in [3.8, 4) is 5.75 Å². The fourth-order valence-corrected chi connectivity index (χ4v) is 1.52. The molecule has 3 N–H and O–H groups in total. The highest BCUT2D eigenvalue weighted by atomic mass is 19.1. The molecule has 2 unspecified atom stereocenters. The molecule has 0 saturated heterocycles. The number of rotatable bonds is 5. The summed E-state index contributed by atoms with van der Waals surface area (Å²) in [4.78, 5) is 0. The molecule has 0 fully saturated rings. The monoisotopic (exact) mass is 227 g/mol. The first-order valence-electron chi connectivity index (χ1n) is 5.25. The minimum Gasteiger partial charge on any atom is -0.488 e. The van der Waals surface area contributed by atoms with Gasteiger partial charge in [0.2, 0.25) is 0 Å². The lowest BCUT2D eigenvalue weighted by atomic mass is 9.97. The van der Waals surface area contributed by atoms with Gasteiger partial charge >= 0.3 is 0 Å². The molecular formula is C12H18FNO2. The number of nitrogens with two attached hydrogens (primary N) is 1. The van der Waals surface area contributed by atoms with Gasteiger partial charge in [0.15, 0.2) is 11.6 Å². The smallest absolute Gasteiger partial charge is 0.165 e. The van der Waals surface area contributed by atoms with E-state index in [2.05, 4.69) is 0 Å². The van der Waals surface area contributed by atoms with Crippen LogP contribution in [0, 0.1) is 5.82 Å². The van der Waals surface area contributed by atoms with Crippen molar-refractivity contribution in [2.45, 2.75) is 31.9 Å². The van der Waals surface area contributed by atoms with Crippen molar-refractivity contribution in [1.29, 1.82) is 0 Å². The van der Waals surface area contributed by atoms with Crippen molar-refractivity contribution in [1.82, 2.24) is 0 Å². The van der Waals surface area contributed by atoms with Crippen LogP contribution in [0.4, 0.5) is 4.39 Å². The first kappa shape index (κ1) is 12.9. The Labute approximate surface area is 95.0 Å². The second-order valence-corrected chi connectivity index (χ2v) is 4.38. The van der Waals surface area contributed by atoms with Gasteiger partial charge in [-0.1, -0.05) is 12.1 Å². The van der Waals surface area contributed by atoms with Gasteiger partial charge in [0.25, 0.3) is 0 Å². The third kappa shape index (κ3) is 3.79. The lowest BCUT2D eigenvalue weighted by molar-refractivity contribution is 0.130. The molecule has 90 valence electrons. The Balaban J connectivity index is 2.58. The molecule has 0 radical (unpaired) electrons. The Morgan fingerprint density at radius 1 is 1.50 bits per heavy atom. The zero-order chi connectivity index (χ0) is 12.2. The average Bonchev–Trinajstić information content (AvgIpc) is 2.21. The Hall–Kier alpha value is -1.13. The maximum Gasteiger partial charge on any atom is 0.165 e. The average molecular weight is 227 g/mol. The van der Waals surface area contributed by atoms with E-state index in [4.69, 9.17) is 15.6 Å². The number of aliphatic hydroxyl groups is 1. The molecular weight excluding hydrogens is 209 g/mol. The number of hydrogen-bond donors (Lipinski definition) is 2. The number of para-hydroxylation sites is 1. The van der Waals surface area contributed by atoms with Gasteiger partial charge in [-0.15, -0.1) is 0 Å². The van der Waals surface area contributed by atoms with Gasteiger partial charge in [0.1, 0.15) is 0 Å². The molecule has 0 amide bonds. The summed E-state index contributed by atoms with van der Waals surface area (Å²) in [6.07, 6.45) is 0.205. The quantitative estimate of drug-likeness (QED) is 0.805. The highest BCUT2D eigenvalue weighted by Crippen LogP contribution is 2.19. The summed E-state index contributed by atoms with van der Waals surface area (Å²) < 4.78 is 18.7. The molecule has 0 spiro atoms. The molecule has 1 aromatic rings. The van der Waals surface area contributed by atoms with Gasteiger partial charge in [-0.25, -0.2) is 4.39 Å². The van der Waals surface area contributed by atoms with Gasteiger partial charge in [-0.2, -0.15) is 0 Å². The summed E-state index contributed by atoms with van der Waals surface area (Å²) >= 11 is 0. The molecule has 1 aromatic carbocycles. The van der Waals surface area contributed by atoms with E-state index < -0.39 is 11.4 Å². The van der Waals surface area contributed by atoms with Crippen LogP contribution >= 0.6 is 0 Å². The third-order valence-corrected chi connectivity index (χ3v) is 2.28. The van der Waals surface area contributed by atoms with Crippen LogP contribution in [0.15, 0.2) is 24.3 Å². The Kier molecular flexibility index (Phi) is 4.26. The van der Waals surface area contributed by atoms with Crippen LogP contribution < -0.4 is 10.5 Å². The maximum absolute atomic E-state index is 13.3. The van der Waals surface area contributed by atoms with Crippen molar-refractivity contribution in [2.24, 2.45) is 5.73 Å². The summed E-state index contributed by atoms with van der Waals surface area (Å²) in [5.41, 5.74) is 5.08. The van der Waals surface area contributed by atoms with Gasteiger partial charge in [0.05, 0.1) is 12.7 Å². The molecule has 0 aromatic heterocycles. The van der Waals surface area contributed by atoms with E-state index in [0.717, 1.165) is 0 Å². The summed E-state index contributed by atoms with van der Waals surface area (Å²) in [5.74, 6) is -0.180. The van der Waals surface area contributed by atoms with E-state index in [1.165, 1.54) is 6.07 Å². The minimum atomic E-state index is -0.704. The topological polar surface area (TPSA) is 55.5 Å². The van der Waals surface area contributed by atoms with Gasteiger partial charge in [-0.05, 0) is 26.0 Å². The number of benzene rings is 1. The number of hydrogen-bond acceptors (Lipinski definition) is 3. The van der Waals surface area contributed by atoms with Crippen molar-refractivity contribution in [3.63, 3.8) is 0 Å². The zero-order valence-electron chi connectivity index (χ0n) is 9.61. The van der Waals surface area contributed by atoms with E-state index in [9.17, 15) is 4.39 Å². The first-order valence-corrected chi connectivity index (χ1v) is 5.25. The third-order valence-electron chi connectivity index (χ3n) is 2.28. The summed E-state index contributed by atoms with van der Waals surface area (Å²) in [6, 6.07) is 6.22. The van der Waals surface area contributed by atoms with E-state index in [0.29, 0.717) is 6.42 Å². The van der Waals surface area contributed by atoms with Crippen LogP contribution in [0.3, 0.4) is 0 Å². The van der Waals surface area contributed by atoms with Crippen LogP contribution in [-0.4, -0.2) is 23.4 Å². The molecule has 0 heterocycles. The van der Waals surface area contributed by atoms with Crippen molar-refractivity contribution in [2.75, 3.05) is 6.61 Å². The number of ether oxygens (including phenoxy) is 1. The zero-order valence-corrected chi connectivity index (χ0v) is 9.61.